The summed E-state index contributed by atoms with van der Waals surface area (Å²) >= 11 is 1.54. The van der Waals surface area contributed by atoms with Crippen molar-refractivity contribution in [2.45, 2.75) is 0 Å². The number of nitrogens with one attached hydrogen (secondary N) is 1. The summed E-state index contributed by atoms with van der Waals surface area (Å²) in [6.45, 7) is 4.09. The van der Waals surface area contributed by atoms with Crippen LogP contribution in [0, 0.1) is 0 Å². The van der Waals surface area contributed by atoms with E-state index in [1.165, 1.54) is 11.3 Å². The molecule has 8 nitrogen and oxygen atoms in total. The molecule has 0 bridgehead atoms. The van der Waals surface area contributed by atoms with Gasteiger partial charge in [0.15, 0.2) is 0 Å². The summed E-state index contributed by atoms with van der Waals surface area (Å²) in [6, 6.07) is 15.4. The Morgan fingerprint density at radius 1 is 1.03 bits per heavy atom. The molecule has 0 atom stereocenters. The Balaban J connectivity index is 1.43. The Hall–Kier alpha value is -3.56. The summed E-state index contributed by atoms with van der Waals surface area (Å²) in [4.78, 5) is 14.0. The van der Waals surface area contributed by atoms with Crippen molar-refractivity contribution < 1.29 is 9.47 Å². The van der Waals surface area contributed by atoms with E-state index in [1.807, 2.05) is 35.7 Å². The molecular weight excluding hydrogens is 436 g/mol. The minimum atomic E-state index is 0.436. The lowest BCUT2D eigenvalue weighted by Gasteiger charge is -2.34. The first-order chi connectivity index (χ1) is 16.1. The van der Waals surface area contributed by atoms with E-state index in [0.717, 1.165) is 53.5 Å². The lowest BCUT2D eigenvalue weighted by atomic mass is 10.2. The Labute approximate surface area is 196 Å². The highest BCUT2D eigenvalue weighted by atomic mass is 32.1. The number of piperazine rings is 1. The number of hydrogen-bond donors (Lipinski definition) is 2. The maximum atomic E-state index is 6.07. The van der Waals surface area contributed by atoms with Crippen molar-refractivity contribution in [3.63, 3.8) is 0 Å². The average molecular weight is 463 g/mol. The molecule has 33 heavy (non-hydrogen) atoms. The topological polar surface area (TPSA) is 88.8 Å². The number of ether oxygens (including phenoxy) is 2. The number of methoxy groups -OCH3 is 1. The van der Waals surface area contributed by atoms with Crippen LogP contribution in [0.15, 0.2) is 53.9 Å². The number of nitrogens with zero attached hydrogens (tertiary/aromatic N) is 4. The summed E-state index contributed by atoms with van der Waals surface area (Å²) in [5, 5.41) is 5.28. The summed E-state index contributed by atoms with van der Waals surface area (Å²) < 4.78 is 12.6. The van der Waals surface area contributed by atoms with Crippen LogP contribution in [0.3, 0.4) is 0 Å². The number of benzene rings is 2. The third-order valence-corrected chi connectivity index (χ3v) is 6.54. The molecule has 1 saturated heterocycles. The second-order valence-corrected chi connectivity index (χ2v) is 8.88. The van der Waals surface area contributed by atoms with E-state index in [2.05, 4.69) is 44.3 Å². The zero-order chi connectivity index (χ0) is 22.8. The third-order valence-electron chi connectivity index (χ3n) is 5.65. The summed E-state index contributed by atoms with van der Waals surface area (Å²) in [6.07, 6.45) is 0. The smallest absolute Gasteiger partial charge is 0.242 e. The van der Waals surface area contributed by atoms with Crippen LogP contribution in [-0.4, -0.2) is 55.2 Å². The predicted molar refractivity (Wildman–Crippen MR) is 134 cm³/mol. The zero-order valence-corrected chi connectivity index (χ0v) is 19.4. The summed E-state index contributed by atoms with van der Waals surface area (Å²) in [5.41, 5.74) is 9.28. The fourth-order valence-corrected chi connectivity index (χ4v) is 4.57. The van der Waals surface area contributed by atoms with Gasteiger partial charge in [-0.2, -0.15) is 4.98 Å². The van der Waals surface area contributed by atoms with Crippen molar-refractivity contribution in [2.75, 3.05) is 56.3 Å². The molecule has 1 aliphatic rings. The molecule has 1 fully saturated rings. The van der Waals surface area contributed by atoms with Crippen LogP contribution < -0.4 is 25.4 Å². The fourth-order valence-electron chi connectivity index (χ4n) is 3.82. The number of nitrogens with two attached hydrogens (primary N) is 1. The molecule has 5 rings (SSSR count). The number of hydrogen-bond acceptors (Lipinski definition) is 9. The Morgan fingerprint density at radius 3 is 2.67 bits per heavy atom. The molecule has 170 valence electrons. The van der Waals surface area contributed by atoms with E-state index >= 15 is 0 Å². The molecule has 0 saturated carbocycles. The lowest BCUT2D eigenvalue weighted by molar-refractivity contribution is 0.312. The van der Waals surface area contributed by atoms with Gasteiger partial charge >= 0.3 is 0 Å². The Morgan fingerprint density at radius 2 is 1.88 bits per heavy atom. The van der Waals surface area contributed by atoms with Gasteiger partial charge in [0.25, 0.3) is 0 Å². The maximum Gasteiger partial charge on any atom is 0.242 e. The van der Waals surface area contributed by atoms with Gasteiger partial charge < -0.3 is 30.3 Å². The van der Waals surface area contributed by atoms with E-state index in [9.17, 15) is 0 Å². The molecule has 2 aromatic carbocycles. The van der Waals surface area contributed by atoms with Crippen LogP contribution in [0.4, 0.5) is 23.0 Å². The molecule has 3 heterocycles. The van der Waals surface area contributed by atoms with Crippen molar-refractivity contribution in [1.82, 2.24) is 14.9 Å². The number of fused-ring (bicyclic) bond motifs is 1. The number of nitrogen functional groups attached to an aromatic ring is 1. The van der Waals surface area contributed by atoms with Gasteiger partial charge in [-0.1, -0.05) is 6.07 Å². The first-order valence-electron chi connectivity index (χ1n) is 10.8. The largest absolute Gasteiger partial charge is 0.494 e. The minimum Gasteiger partial charge on any atom is -0.494 e. The first-order valence-corrected chi connectivity index (χ1v) is 11.6. The zero-order valence-electron chi connectivity index (χ0n) is 18.6. The third kappa shape index (κ3) is 4.64. The molecule has 0 spiro atoms. The van der Waals surface area contributed by atoms with Gasteiger partial charge in [-0.15, -0.1) is 11.3 Å². The Bertz CT molecular complexity index is 1270. The van der Waals surface area contributed by atoms with Gasteiger partial charge in [-0.05, 0) is 42.8 Å². The molecule has 0 unspecified atom stereocenters. The van der Waals surface area contributed by atoms with Gasteiger partial charge in [-0.25, -0.2) is 4.98 Å². The molecule has 0 amide bonds. The molecule has 2 aromatic heterocycles. The highest BCUT2D eigenvalue weighted by Crippen LogP contribution is 2.36. The normalized spacial score (nSPS) is 14.4. The van der Waals surface area contributed by atoms with Crippen LogP contribution >= 0.6 is 11.3 Å². The molecule has 4 aromatic rings. The van der Waals surface area contributed by atoms with Crippen LogP contribution in [0.25, 0.3) is 10.2 Å². The number of likely N-dealkylation sites (N-methyl/N-ethyl adjacent to an activating group) is 1. The average Bonchev–Trinajstić information content (AvgIpc) is 3.29. The van der Waals surface area contributed by atoms with Crippen LogP contribution in [-0.2, 0) is 0 Å². The van der Waals surface area contributed by atoms with Crippen molar-refractivity contribution in [3.8, 4) is 17.4 Å². The van der Waals surface area contributed by atoms with E-state index in [-0.39, 0.29) is 0 Å². The highest BCUT2D eigenvalue weighted by Gasteiger charge is 2.17. The van der Waals surface area contributed by atoms with Crippen molar-refractivity contribution in [3.05, 3.63) is 53.9 Å². The standard InChI is InChI=1S/C24H26N6O2S/c1-29-9-11-30(12-10-29)17-6-7-19(21(15-17)31-2)26-24-27-20-8-13-33-22(20)23(28-24)32-18-5-3-4-16(25)14-18/h3-8,13-15H,9-12,25H2,1-2H3,(H,26,27,28). The first kappa shape index (κ1) is 21.3. The SMILES string of the molecule is COc1cc(N2CCN(C)CC2)ccc1Nc1nc(Oc2cccc(N)c2)c2sccc2n1. The highest BCUT2D eigenvalue weighted by molar-refractivity contribution is 7.17. The van der Waals surface area contributed by atoms with Crippen LogP contribution in [0.5, 0.6) is 17.4 Å². The number of aromatic nitrogens is 2. The van der Waals surface area contributed by atoms with E-state index in [0.29, 0.717) is 23.3 Å². The lowest BCUT2D eigenvalue weighted by Crippen LogP contribution is -2.44. The van der Waals surface area contributed by atoms with Crippen molar-refractivity contribution >= 4 is 44.6 Å². The van der Waals surface area contributed by atoms with E-state index < -0.39 is 0 Å². The number of anilines is 4. The van der Waals surface area contributed by atoms with Gasteiger partial charge in [0, 0.05) is 49.7 Å². The van der Waals surface area contributed by atoms with Crippen LogP contribution in [0.2, 0.25) is 0 Å². The molecule has 9 heteroatoms. The molecule has 0 radical (unpaired) electrons. The maximum absolute atomic E-state index is 6.07. The summed E-state index contributed by atoms with van der Waals surface area (Å²) in [7, 11) is 3.82. The molecule has 0 aliphatic carbocycles. The number of rotatable bonds is 6. The van der Waals surface area contributed by atoms with E-state index in [1.54, 1.807) is 13.2 Å². The predicted octanol–water partition coefficient (Wildman–Crippen LogP) is 4.57. The monoisotopic (exact) mass is 462 g/mol. The van der Waals surface area contributed by atoms with Gasteiger partial charge in [0.05, 0.1) is 18.3 Å². The number of thiophene rings is 1. The Kier molecular flexibility index (Phi) is 5.89. The van der Waals surface area contributed by atoms with Gasteiger partial charge in [0.1, 0.15) is 16.2 Å². The second-order valence-electron chi connectivity index (χ2n) is 7.96. The fraction of sp³-hybridized carbons (Fsp3) is 0.250. The van der Waals surface area contributed by atoms with Gasteiger partial charge in [0.2, 0.25) is 11.8 Å². The minimum absolute atomic E-state index is 0.436. The van der Waals surface area contributed by atoms with Crippen LogP contribution in [0.1, 0.15) is 0 Å². The molecule has 1 aliphatic heterocycles. The second kappa shape index (κ2) is 9.13. The van der Waals surface area contributed by atoms with Gasteiger partial charge in [-0.3, -0.25) is 0 Å². The van der Waals surface area contributed by atoms with Crippen molar-refractivity contribution in [2.24, 2.45) is 0 Å². The molecule has 3 N–H and O–H groups in total. The molecular formula is C24H26N6O2S. The quantitative estimate of drug-likeness (QED) is 0.403. The van der Waals surface area contributed by atoms with Crippen molar-refractivity contribution in [1.29, 1.82) is 0 Å². The summed E-state index contributed by atoms with van der Waals surface area (Å²) in [5.74, 6) is 2.28. The van der Waals surface area contributed by atoms with E-state index in [4.69, 9.17) is 15.2 Å².